The van der Waals surface area contributed by atoms with Crippen molar-refractivity contribution in [3.8, 4) is 16.9 Å². The molecule has 1 aliphatic rings. The highest BCUT2D eigenvalue weighted by Gasteiger charge is 2.41. The summed E-state index contributed by atoms with van der Waals surface area (Å²) >= 11 is 0. The molecule has 0 N–H and O–H groups in total. The summed E-state index contributed by atoms with van der Waals surface area (Å²) in [5.41, 5.74) is -0.470. The zero-order valence-corrected chi connectivity index (χ0v) is 17.9. The molecule has 0 bridgehead atoms. The van der Waals surface area contributed by atoms with Crippen LogP contribution in [-0.4, -0.2) is 6.10 Å². The molecule has 34 heavy (non-hydrogen) atoms. The summed E-state index contributed by atoms with van der Waals surface area (Å²) in [6.07, 6.45) is -1.83. The predicted molar refractivity (Wildman–Crippen MR) is 110 cm³/mol. The normalized spacial score (nSPS) is 18.4. The number of hydrogen-bond acceptors (Lipinski definition) is 2. The molecule has 1 saturated heterocycles. The van der Waals surface area contributed by atoms with Crippen LogP contribution in [0.4, 0.5) is 30.7 Å². The zero-order valence-electron chi connectivity index (χ0n) is 17.9. The van der Waals surface area contributed by atoms with E-state index in [0.29, 0.717) is 17.7 Å². The molecule has 0 spiro atoms. The Balaban J connectivity index is 1.58. The maximum atomic E-state index is 14.6. The van der Waals surface area contributed by atoms with Crippen LogP contribution in [0.2, 0.25) is 0 Å². The predicted octanol–water partition coefficient (Wildman–Crippen LogP) is 7.81. The van der Waals surface area contributed by atoms with Crippen molar-refractivity contribution in [1.82, 2.24) is 0 Å². The van der Waals surface area contributed by atoms with Gasteiger partial charge in [-0.05, 0) is 48.1 Å². The average molecular weight is 484 g/mol. The standard InChI is InChI=1S/C25H19F7O2/c1-2-16-7-8-22(33-16)14-5-3-13(4-6-14)15-9-18(26)23(19(27)10-15)25(31,32)34-17-11-20(28)24(30)21(29)12-17/h3-6,9-12,16,22H,2,7-8H2,1H3. The van der Waals surface area contributed by atoms with Gasteiger partial charge in [0, 0.05) is 12.1 Å². The van der Waals surface area contributed by atoms with Gasteiger partial charge < -0.3 is 9.47 Å². The summed E-state index contributed by atoms with van der Waals surface area (Å²) in [4.78, 5) is 0. The first kappa shape index (κ1) is 24.1. The molecule has 1 heterocycles. The molecule has 1 fully saturated rings. The summed E-state index contributed by atoms with van der Waals surface area (Å²) in [7, 11) is 0. The minimum Gasteiger partial charge on any atom is -0.429 e. The molecule has 9 heteroatoms. The van der Waals surface area contributed by atoms with Crippen LogP contribution in [0.15, 0.2) is 48.5 Å². The molecule has 0 radical (unpaired) electrons. The van der Waals surface area contributed by atoms with Gasteiger partial charge in [-0.2, -0.15) is 8.78 Å². The van der Waals surface area contributed by atoms with E-state index in [1.165, 1.54) is 0 Å². The minimum absolute atomic E-state index is 0.00116. The fourth-order valence-corrected chi connectivity index (χ4v) is 3.95. The average Bonchev–Trinajstić information content (AvgIpc) is 3.26. The van der Waals surface area contributed by atoms with Gasteiger partial charge in [0.05, 0.1) is 12.2 Å². The highest BCUT2D eigenvalue weighted by atomic mass is 19.3. The van der Waals surface area contributed by atoms with E-state index in [2.05, 4.69) is 4.74 Å². The van der Waals surface area contributed by atoms with Crippen molar-refractivity contribution in [3.05, 3.63) is 88.7 Å². The maximum absolute atomic E-state index is 14.6. The van der Waals surface area contributed by atoms with Gasteiger partial charge in [0.25, 0.3) is 0 Å². The van der Waals surface area contributed by atoms with Crippen molar-refractivity contribution < 1.29 is 40.2 Å². The molecule has 0 aliphatic carbocycles. The van der Waals surface area contributed by atoms with Crippen LogP contribution < -0.4 is 4.74 Å². The van der Waals surface area contributed by atoms with Crippen LogP contribution in [0.5, 0.6) is 5.75 Å². The number of hydrogen-bond donors (Lipinski definition) is 0. The van der Waals surface area contributed by atoms with Crippen LogP contribution in [-0.2, 0) is 10.8 Å². The van der Waals surface area contributed by atoms with Crippen molar-refractivity contribution in [2.45, 2.75) is 44.5 Å². The van der Waals surface area contributed by atoms with Crippen LogP contribution >= 0.6 is 0 Å². The molecule has 2 nitrogen and oxygen atoms in total. The lowest BCUT2D eigenvalue weighted by Gasteiger charge is -2.20. The Kier molecular flexibility index (Phi) is 6.58. The lowest BCUT2D eigenvalue weighted by molar-refractivity contribution is -0.189. The summed E-state index contributed by atoms with van der Waals surface area (Å²) in [6, 6.07) is 8.40. The third-order valence-electron chi connectivity index (χ3n) is 5.72. The zero-order chi connectivity index (χ0) is 24.6. The fourth-order valence-electron chi connectivity index (χ4n) is 3.95. The van der Waals surface area contributed by atoms with Gasteiger partial charge >= 0.3 is 6.11 Å². The topological polar surface area (TPSA) is 18.5 Å². The van der Waals surface area contributed by atoms with Crippen molar-refractivity contribution in [2.75, 3.05) is 0 Å². The van der Waals surface area contributed by atoms with Gasteiger partial charge in [-0.1, -0.05) is 31.2 Å². The monoisotopic (exact) mass is 484 g/mol. The quantitative estimate of drug-likeness (QED) is 0.263. The van der Waals surface area contributed by atoms with E-state index in [4.69, 9.17) is 4.74 Å². The Morgan fingerprint density at radius 1 is 0.824 bits per heavy atom. The van der Waals surface area contributed by atoms with E-state index in [1.807, 2.05) is 6.92 Å². The molecule has 3 aromatic carbocycles. The van der Waals surface area contributed by atoms with Crippen LogP contribution in [0.25, 0.3) is 11.1 Å². The lowest BCUT2D eigenvalue weighted by atomic mass is 9.99. The Hall–Kier alpha value is -3.07. The van der Waals surface area contributed by atoms with Crippen LogP contribution in [0.3, 0.4) is 0 Å². The first-order valence-corrected chi connectivity index (χ1v) is 10.6. The van der Waals surface area contributed by atoms with E-state index in [-0.39, 0.29) is 29.9 Å². The molecule has 3 aromatic rings. The molecule has 1 aliphatic heterocycles. The van der Waals surface area contributed by atoms with Crippen LogP contribution in [0.1, 0.15) is 43.4 Å². The second kappa shape index (κ2) is 9.29. The second-order valence-corrected chi connectivity index (χ2v) is 7.99. The van der Waals surface area contributed by atoms with E-state index >= 15 is 0 Å². The third kappa shape index (κ3) is 4.75. The lowest BCUT2D eigenvalue weighted by Crippen LogP contribution is -2.25. The number of benzene rings is 3. The SMILES string of the molecule is CCC1CCC(c2ccc(-c3cc(F)c(C(F)(F)Oc4cc(F)c(F)c(F)c4)c(F)c3)cc2)O1. The van der Waals surface area contributed by atoms with E-state index in [1.54, 1.807) is 24.3 Å². The number of alkyl halides is 2. The Bertz CT molecular complexity index is 1150. The van der Waals surface area contributed by atoms with Crippen molar-refractivity contribution in [2.24, 2.45) is 0 Å². The minimum atomic E-state index is -4.64. The smallest absolute Gasteiger partial charge is 0.429 e. The van der Waals surface area contributed by atoms with E-state index in [0.717, 1.165) is 24.8 Å². The van der Waals surface area contributed by atoms with Crippen molar-refractivity contribution in [3.63, 3.8) is 0 Å². The Morgan fingerprint density at radius 3 is 1.94 bits per heavy atom. The van der Waals surface area contributed by atoms with E-state index in [9.17, 15) is 30.7 Å². The molecular weight excluding hydrogens is 465 g/mol. The van der Waals surface area contributed by atoms with Crippen molar-refractivity contribution in [1.29, 1.82) is 0 Å². The van der Waals surface area contributed by atoms with Crippen LogP contribution in [0, 0.1) is 29.1 Å². The summed E-state index contributed by atoms with van der Waals surface area (Å²) in [5, 5.41) is 0. The largest absolute Gasteiger partial charge is 0.432 e. The first-order chi connectivity index (χ1) is 16.1. The Morgan fingerprint density at radius 2 is 1.41 bits per heavy atom. The molecule has 180 valence electrons. The van der Waals surface area contributed by atoms with Gasteiger partial charge in [-0.15, -0.1) is 0 Å². The highest BCUT2D eigenvalue weighted by molar-refractivity contribution is 5.64. The molecule has 4 rings (SSSR count). The summed E-state index contributed by atoms with van der Waals surface area (Å²) in [6.45, 7) is 2.04. The van der Waals surface area contributed by atoms with Gasteiger partial charge in [0.15, 0.2) is 17.5 Å². The highest BCUT2D eigenvalue weighted by Crippen LogP contribution is 2.38. The maximum Gasteiger partial charge on any atom is 0.432 e. The summed E-state index contributed by atoms with van der Waals surface area (Å²) in [5.74, 6) is -9.88. The van der Waals surface area contributed by atoms with Gasteiger partial charge in [0.1, 0.15) is 22.9 Å². The van der Waals surface area contributed by atoms with Crippen molar-refractivity contribution >= 4 is 0 Å². The Labute approximate surface area is 190 Å². The molecular formula is C25H19F7O2. The molecule has 0 amide bonds. The summed E-state index contributed by atoms with van der Waals surface area (Å²) < 4.78 is 108. The molecule has 0 aromatic heterocycles. The third-order valence-corrected chi connectivity index (χ3v) is 5.72. The van der Waals surface area contributed by atoms with Gasteiger partial charge in [0.2, 0.25) is 0 Å². The van der Waals surface area contributed by atoms with Gasteiger partial charge in [-0.25, -0.2) is 22.0 Å². The number of halogens is 7. The first-order valence-electron chi connectivity index (χ1n) is 10.6. The van der Waals surface area contributed by atoms with E-state index < -0.39 is 46.5 Å². The molecule has 0 saturated carbocycles. The molecule has 2 unspecified atom stereocenters. The molecule has 2 atom stereocenters. The fraction of sp³-hybridized carbons (Fsp3) is 0.280. The second-order valence-electron chi connectivity index (χ2n) is 7.99. The van der Waals surface area contributed by atoms with Gasteiger partial charge in [-0.3, -0.25) is 0 Å². The number of ether oxygens (including phenoxy) is 2. The number of rotatable bonds is 6.